The molecule has 1 saturated heterocycles. The summed E-state index contributed by atoms with van der Waals surface area (Å²) >= 11 is 0. The van der Waals surface area contributed by atoms with E-state index in [9.17, 15) is 14.7 Å². The van der Waals surface area contributed by atoms with Gasteiger partial charge in [0.25, 0.3) is 5.91 Å². The molecule has 8 nitrogen and oxygen atoms in total. The number of rotatable bonds is 3. The van der Waals surface area contributed by atoms with Gasteiger partial charge in [0.1, 0.15) is 0 Å². The van der Waals surface area contributed by atoms with E-state index in [0.717, 1.165) is 4.68 Å². The highest BCUT2D eigenvalue weighted by Gasteiger charge is 2.26. The third kappa shape index (κ3) is 2.60. The predicted molar refractivity (Wildman–Crippen MR) is 73.3 cm³/mol. The second kappa shape index (κ2) is 5.76. The van der Waals surface area contributed by atoms with E-state index in [4.69, 9.17) is 4.74 Å². The number of aromatic nitrogens is 3. The summed E-state index contributed by atoms with van der Waals surface area (Å²) in [5.74, 6) is -0.413. The van der Waals surface area contributed by atoms with E-state index in [1.807, 2.05) is 4.90 Å². The van der Waals surface area contributed by atoms with Crippen molar-refractivity contribution >= 4 is 11.6 Å². The molecule has 0 aliphatic carbocycles. The number of hydrogen-bond acceptors (Lipinski definition) is 6. The number of hydrogen-bond donors (Lipinski definition) is 1. The monoisotopic (exact) mass is 292 g/mol. The normalized spacial score (nSPS) is 20.0. The second-order valence-electron chi connectivity index (χ2n) is 4.90. The number of carbonyl (C=O) groups is 1. The molecule has 0 saturated carbocycles. The van der Waals surface area contributed by atoms with Crippen LogP contribution in [0.15, 0.2) is 29.2 Å². The molecule has 0 spiro atoms. The Balaban J connectivity index is 1.83. The van der Waals surface area contributed by atoms with Gasteiger partial charge in [-0.15, -0.1) is 9.78 Å². The first-order valence-corrected chi connectivity index (χ1v) is 6.73. The Kier molecular flexibility index (Phi) is 3.82. The second-order valence-corrected chi connectivity index (χ2v) is 4.90. The van der Waals surface area contributed by atoms with Gasteiger partial charge in [-0.2, -0.15) is 0 Å². The van der Waals surface area contributed by atoms with Gasteiger partial charge in [-0.3, -0.25) is 9.69 Å². The zero-order chi connectivity index (χ0) is 14.8. The molecule has 0 bridgehead atoms. The van der Waals surface area contributed by atoms with Crippen molar-refractivity contribution in [2.45, 2.75) is 6.04 Å². The molecular formula is C13H16N4O4. The zero-order valence-corrected chi connectivity index (χ0v) is 11.4. The van der Waals surface area contributed by atoms with Crippen LogP contribution in [0.5, 0.6) is 0 Å². The van der Waals surface area contributed by atoms with Crippen molar-refractivity contribution in [1.82, 2.24) is 19.1 Å². The first-order chi connectivity index (χ1) is 10.2. The van der Waals surface area contributed by atoms with Gasteiger partial charge in [0.15, 0.2) is 5.65 Å². The molecular weight excluding hydrogens is 276 g/mol. The van der Waals surface area contributed by atoms with Gasteiger partial charge >= 0.3 is 5.69 Å². The van der Waals surface area contributed by atoms with Gasteiger partial charge in [0.2, 0.25) is 0 Å². The smallest absolute Gasteiger partial charge is 0.357 e. The van der Waals surface area contributed by atoms with E-state index in [1.54, 1.807) is 24.4 Å². The molecule has 21 heavy (non-hydrogen) atoms. The summed E-state index contributed by atoms with van der Waals surface area (Å²) in [5.41, 5.74) is -0.0547. The Hall–Kier alpha value is -2.03. The lowest BCUT2D eigenvalue weighted by atomic mass is 10.2. The Morgan fingerprint density at radius 2 is 2.33 bits per heavy atom. The number of ether oxygens (including phenoxy) is 1. The van der Waals surface area contributed by atoms with Crippen LogP contribution in [-0.4, -0.2) is 69.0 Å². The predicted octanol–water partition coefficient (Wildman–Crippen LogP) is -1.17. The number of carbonyl (C=O) groups excluding carboxylic acids is 1. The van der Waals surface area contributed by atoms with Crippen LogP contribution < -0.4 is 5.69 Å². The summed E-state index contributed by atoms with van der Waals surface area (Å²) in [5, 5.41) is 13.3. The molecule has 1 aliphatic heterocycles. The van der Waals surface area contributed by atoms with Crippen LogP contribution in [-0.2, 0) is 4.74 Å². The lowest BCUT2D eigenvalue weighted by molar-refractivity contribution is -0.0252. The average Bonchev–Trinajstić information content (AvgIpc) is 2.85. The molecule has 112 valence electrons. The molecule has 1 unspecified atom stereocenters. The van der Waals surface area contributed by atoms with Crippen molar-refractivity contribution in [1.29, 1.82) is 0 Å². The number of nitrogens with zero attached hydrogens (tertiary/aromatic N) is 4. The van der Waals surface area contributed by atoms with Crippen molar-refractivity contribution in [3.05, 3.63) is 34.9 Å². The molecule has 2 aromatic rings. The molecule has 2 aromatic heterocycles. The average molecular weight is 292 g/mol. The van der Waals surface area contributed by atoms with Crippen LogP contribution in [0.4, 0.5) is 0 Å². The Bertz CT molecular complexity index is 708. The molecule has 3 rings (SSSR count). The minimum absolute atomic E-state index is 0.0262. The van der Waals surface area contributed by atoms with Gasteiger partial charge in [0.05, 0.1) is 32.4 Å². The molecule has 0 amide bonds. The Labute approximate surface area is 120 Å². The molecule has 0 aromatic carbocycles. The molecule has 1 fully saturated rings. The van der Waals surface area contributed by atoms with Gasteiger partial charge in [-0.25, -0.2) is 9.20 Å². The maximum absolute atomic E-state index is 12.3. The maximum atomic E-state index is 12.3. The SMILES string of the molecule is O=C(CN1CCOCC1CO)n1nc2ccccn2c1=O. The fraction of sp³-hybridized carbons (Fsp3) is 0.462. The number of pyridine rings is 1. The minimum Gasteiger partial charge on any atom is -0.395 e. The van der Waals surface area contributed by atoms with Crippen molar-refractivity contribution in [3.8, 4) is 0 Å². The highest BCUT2D eigenvalue weighted by Crippen LogP contribution is 2.06. The van der Waals surface area contributed by atoms with Crippen LogP contribution in [0.25, 0.3) is 5.65 Å². The largest absolute Gasteiger partial charge is 0.395 e. The quantitative estimate of drug-likeness (QED) is 0.767. The topological polar surface area (TPSA) is 89.1 Å². The molecule has 1 aliphatic rings. The fourth-order valence-corrected chi connectivity index (χ4v) is 2.39. The lowest BCUT2D eigenvalue weighted by Gasteiger charge is -2.33. The third-order valence-corrected chi connectivity index (χ3v) is 3.56. The first kappa shape index (κ1) is 13.9. The lowest BCUT2D eigenvalue weighted by Crippen LogP contribution is -2.50. The highest BCUT2D eigenvalue weighted by atomic mass is 16.5. The van der Waals surface area contributed by atoms with Crippen molar-refractivity contribution < 1.29 is 14.6 Å². The van der Waals surface area contributed by atoms with E-state index >= 15 is 0 Å². The van der Waals surface area contributed by atoms with Crippen molar-refractivity contribution in [2.75, 3.05) is 32.9 Å². The van der Waals surface area contributed by atoms with Crippen LogP contribution in [0.1, 0.15) is 4.79 Å². The van der Waals surface area contributed by atoms with Crippen LogP contribution in [0.2, 0.25) is 0 Å². The van der Waals surface area contributed by atoms with Gasteiger partial charge < -0.3 is 9.84 Å². The summed E-state index contributed by atoms with van der Waals surface area (Å²) in [7, 11) is 0. The Morgan fingerprint density at radius 3 is 3.10 bits per heavy atom. The first-order valence-electron chi connectivity index (χ1n) is 6.73. The molecule has 3 heterocycles. The maximum Gasteiger partial charge on any atom is 0.357 e. The fourth-order valence-electron chi connectivity index (χ4n) is 2.39. The number of morpholine rings is 1. The molecule has 8 heteroatoms. The van der Waals surface area contributed by atoms with Crippen LogP contribution in [0.3, 0.4) is 0 Å². The van der Waals surface area contributed by atoms with E-state index in [0.29, 0.717) is 25.4 Å². The van der Waals surface area contributed by atoms with Gasteiger partial charge in [-0.1, -0.05) is 6.07 Å². The molecule has 1 N–H and O–H groups in total. The van der Waals surface area contributed by atoms with E-state index < -0.39 is 11.6 Å². The molecule has 1 atom stereocenters. The number of aliphatic hydroxyl groups is 1. The third-order valence-electron chi connectivity index (χ3n) is 3.56. The van der Waals surface area contributed by atoms with Gasteiger partial charge in [0, 0.05) is 12.7 Å². The van der Waals surface area contributed by atoms with Crippen molar-refractivity contribution in [3.63, 3.8) is 0 Å². The highest BCUT2D eigenvalue weighted by molar-refractivity contribution is 5.80. The minimum atomic E-state index is -0.482. The van der Waals surface area contributed by atoms with Gasteiger partial charge in [-0.05, 0) is 12.1 Å². The summed E-state index contributed by atoms with van der Waals surface area (Å²) in [6, 6.07) is 4.89. The van der Waals surface area contributed by atoms with Crippen molar-refractivity contribution in [2.24, 2.45) is 0 Å². The number of fused-ring (bicyclic) bond motifs is 1. The summed E-state index contributed by atoms with van der Waals surface area (Å²) < 4.78 is 7.46. The summed E-state index contributed by atoms with van der Waals surface area (Å²) in [4.78, 5) is 26.2. The summed E-state index contributed by atoms with van der Waals surface area (Å²) in [6.07, 6.45) is 1.57. The zero-order valence-electron chi connectivity index (χ0n) is 11.4. The Morgan fingerprint density at radius 1 is 1.48 bits per heavy atom. The summed E-state index contributed by atoms with van der Waals surface area (Å²) in [6.45, 7) is 1.36. The van der Waals surface area contributed by atoms with E-state index in [1.165, 1.54) is 4.40 Å². The van der Waals surface area contributed by atoms with E-state index in [2.05, 4.69) is 5.10 Å². The van der Waals surface area contributed by atoms with E-state index in [-0.39, 0.29) is 19.2 Å². The molecule has 0 radical (unpaired) electrons. The van der Waals surface area contributed by atoms with Crippen LogP contribution in [0, 0.1) is 0 Å². The van der Waals surface area contributed by atoms with Crippen LogP contribution >= 0.6 is 0 Å². The number of aliphatic hydroxyl groups excluding tert-OH is 1. The standard InChI is InChI=1S/C13H16N4O4/c18-8-10-9-21-6-5-15(10)7-12(19)17-13(20)16-4-2-1-3-11(16)14-17/h1-4,10,18H,5-9H2.